The van der Waals surface area contributed by atoms with Gasteiger partial charge in [0.2, 0.25) is 0 Å². The Morgan fingerprint density at radius 2 is 0.750 bits per heavy atom. The van der Waals surface area contributed by atoms with Crippen LogP contribution in [0.15, 0.2) is 109 Å². The standard InChI is InChI=1S/C34H36O6/c35-19-21-37-23-25-39-31-15-11-29(12-16-31)33(27-7-3-1-4-8-27)34(28-9-5-2-6-10-28)30-13-17-32(18-14-30)40-26-24-38-22-20-36/h1-18,35-36H,19-26H2/b34-33+. The summed E-state index contributed by atoms with van der Waals surface area (Å²) < 4.78 is 22.2. The number of aliphatic hydroxyl groups is 2. The Bertz CT molecular complexity index is 1180. The van der Waals surface area contributed by atoms with Crippen molar-refractivity contribution in [1.29, 1.82) is 0 Å². The zero-order valence-electron chi connectivity index (χ0n) is 22.6. The summed E-state index contributed by atoms with van der Waals surface area (Å²) in [4.78, 5) is 0. The van der Waals surface area contributed by atoms with Gasteiger partial charge in [0.25, 0.3) is 0 Å². The second-order valence-electron chi connectivity index (χ2n) is 8.90. The molecule has 4 aromatic carbocycles. The lowest BCUT2D eigenvalue weighted by atomic mass is 9.86. The fourth-order valence-corrected chi connectivity index (χ4v) is 4.33. The van der Waals surface area contributed by atoms with Crippen LogP contribution in [0.4, 0.5) is 0 Å². The normalized spacial score (nSPS) is 11.7. The molecule has 0 saturated carbocycles. The zero-order chi connectivity index (χ0) is 27.8. The first kappa shape index (κ1) is 29.1. The summed E-state index contributed by atoms with van der Waals surface area (Å²) in [7, 11) is 0. The number of benzene rings is 4. The Kier molecular flexibility index (Phi) is 11.8. The van der Waals surface area contributed by atoms with Crippen LogP contribution in [-0.4, -0.2) is 63.1 Å². The van der Waals surface area contributed by atoms with E-state index in [0.717, 1.165) is 44.9 Å². The van der Waals surface area contributed by atoms with E-state index in [4.69, 9.17) is 29.2 Å². The van der Waals surface area contributed by atoms with Crippen LogP contribution < -0.4 is 9.47 Å². The van der Waals surface area contributed by atoms with Gasteiger partial charge in [-0.1, -0.05) is 84.9 Å². The number of hydrogen-bond donors (Lipinski definition) is 2. The first-order valence-corrected chi connectivity index (χ1v) is 13.5. The molecule has 0 fully saturated rings. The summed E-state index contributed by atoms with van der Waals surface area (Å²) >= 11 is 0. The first-order valence-electron chi connectivity index (χ1n) is 13.5. The molecule has 6 nitrogen and oxygen atoms in total. The SMILES string of the molecule is OCCOCCOc1ccc(/C(=C(\c2ccccc2)c2ccc(OCCOCCO)cc2)c2ccccc2)cc1. The van der Waals surface area contributed by atoms with E-state index in [2.05, 4.69) is 72.8 Å². The van der Waals surface area contributed by atoms with Crippen molar-refractivity contribution in [2.24, 2.45) is 0 Å². The van der Waals surface area contributed by atoms with Crippen molar-refractivity contribution in [3.05, 3.63) is 131 Å². The highest BCUT2D eigenvalue weighted by Crippen LogP contribution is 2.37. The third-order valence-corrected chi connectivity index (χ3v) is 6.12. The average molecular weight is 541 g/mol. The summed E-state index contributed by atoms with van der Waals surface area (Å²) in [5.41, 5.74) is 6.56. The van der Waals surface area contributed by atoms with Crippen molar-refractivity contribution in [3.63, 3.8) is 0 Å². The number of rotatable bonds is 16. The topological polar surface area (TPSA) is 77.4 Å². The lowest BCUT2D eigenvalue weighted by Crippen LogP contribution is -2.09. The Hall–Kier alpha value is -3.94. The molecule has 6 heteroatoms. The van der Waals surface area contributed by atoms with E-state index in [1.165, 1.54) is 0 Å². The van der Waals surface area contributed by atoms with Gasteiger partial charge < -0.3 is 29.2 Å². The van der Waals surface area contributed by atoms with Crippen molar-refractivity contribution in [1.82, 2.24) is 0 Å². The molecule has 0 amide bonds. The highest BCUT2D eigenvalue weighted by atomic mass is 16.5. The van der Waals surface area contributed by atoms with Crippen LogP contribution in [0.25, 0.3) is 11.1 Å². The molecule has 0 aliphatic rings. The fourth-order valence-electron chi connectivity index (χ4n) is 4.33. The van der Waals surface area contributed by atoms with Crippen LogP contribution >= 0.6 is 0 Å². The predicted molar refractivity (Wildman–Crippen MR) is 158 cm³/mol. The maximum absolute atomic E-state index is 8.85. The lowest BCUT2D eigenvalue weighted by molar-refractivity contribution is 0.0705. The third kappa shape index (κ3) is 8.53. The Labute approximate surface area is 236 Å². The summed E-state index contributed by atoms with van der Waals surface area (Å²) in [6.07, 6.45) is 0. The largest absolute Gasteiger partial charge is 0.491 e. The molecule has 0 spiro atoms. The van der Waals surface area contributed by atoms with Gasteiger partial charge in [-0.3, -0.25) is 0 Å². The minimum Gasteiger partial charge on any atom is -0.491 e. The fraction of sp³-hybridized carbons (Fsp3) is 0.235. The molecule has 0 atom stereocenters. The second kappa shape index (κ2) is 16.2. The van der Waals surface area contributed by atoms with Crippen molar-refractivity contribution in [2.45, 2.75) is 0 Å². The minimum atomic E-state index is 0.00315. The number of aliphatic hydroxyl groups excluding tert-OH is 2. The quantitative estimate of drug-likeness (QED) is 0.145. The molecule has 0 saturated heterocycles. The molecule has 0 heterocycles. The molecule has 40 heavy (non-hydrogen) atoms. The predicted octanol–water partition coefficient (Wildman–Crippen LogP) is 5.47. The Balaban J connectivity index is 1.69. The summed E-state index contributed by atoms with van der Waals surface area (Å²) in [5.74, 6) is 1.52. The van der Waals surface area contributed by atoms with E-state index in [1.54, 1.807) is 0 Å². The molecule has 0 radical (unpaired) electrons. The van der Waals surface area contributed by atoms with E-state index in [0.29, 0.717) is 39.6 Å². The van der Waals surface area contributed by atoms with E-state index in [9.17, 15) is 0 Å². The van der Waals surface area contributed by atoms with Crippen molar-refractivity contribution < 1.29 is 29.2 Å². The first-order chi connectivity index (χ1) is 19.8. The van der Waals surface area contributed by atoms with E-state index in [-0.39, 0.29) is 13.2 Å². The van der Waals surface area contributed by atoms with Gasteiger partial charge in [-0.25, -0.2) is 0 Å². The van der Waals surface area contributed by atoms with Gasteiger partial charge in [-0.05, 0) is 57.7 Å². The minimum absolute atomic E-state index is 0.00315. The van der Waals surface area contributed by atoms with Gasteiger partial charge in [-0.2, -0.15) is 0 Å². The van der Waals surface area contributed by atoms with Crippen LogP contribution in [0, 0.1) is 0 Å². The van der Waals surface area contributed by atoms with Crippen molar-refractivity contribution in [2.75, 3.05) is 52.9 Å². The zero-order valence-corrected chi connectivity index (χ0v) is 22.6. The smallest absolute Gasteiger partial charge is 0.119 e. The summed E-state index contributed by atoms with van der Waals surface area (Å²) in [6, 6.07) is 37.0. The molecule has 0 unspecified atom stereocenters. The van der Waals surface area contributed by atoms with Gasteiger partial charge in [0.05, 0.1) is 39.6 Å². The van der Waals surface area contributed by atoms with Crippen LogP contribution in [0.5, 0.6) is 11.5 Å². The van der Waals surface area contributed by atoms with Gasteiger partial charge >= 0.3 is 0 Å². The molecule has 0 bridgehead atoms. The van der Waals surface area contributed by atoms with Crippen LogP contribution in [-0.2, 0) is 9.47 Å². The van der Waals surface area contributed by atoms with Gasteiger partial charge in [0.1, 0.15) is 24.7 Å². The molecule has 4 aromatic rings. The third-order valence-electron chi connectivity index (χ3n) is 6.12. The van der Waals surface area contributed by atoms with Crippen molar-refractivity contribution in [3.8, 4) is 11.5 Å². The van der Waals surface area contributed by atoms with Gasteiger partial charge in [0.15, 0.2) is 0 Å². The van der Waals surface area contributed by atoms with E-state index < -0.39 is 0 Å². The maximum atomic E-state index is 8.85. The average Bonchev–Trinajstić information content (AvgIpc) is 3.01. The molecule has 2 N–H and O–H groups in total. The summed E-state index contributed by atoms with van der Waals surface area (Å²) in [6.45, 7) is 2.29. The van der Waals surface area contributed by atoms with E-state index in [1.807, 2.05) is 36.4 Å². The molecule has 0 aliphatic carbocycles. The van der Waals surface area contributed by atoms with Crippen molar-refractivity contribution >= 4 is 11.1 Å². The molecular weight excluding hydrogens is 504 g/mol. The van der Waals surface area contributed by atoms with Crippen LogP contribution in [0.2, 0.25) is 0 Å². The van der Waals surface area contributed by atoms with Crippen LogP contribution in [0.3, 0.4) is 0 Å². The highest BCUT2D eigenvalue weighted by molar-refractivity contribution is 6.04. The highest BCUT2D eigenvalue weighted by Gasteiger charge is 2.16. The van der Waals surface area contributed by atoms with Crippen LogP contribution in [0.1, 0.15) is 22.3 Å². The second-order valence-corrected chi connectivity index (χ2v) is 8.90. The Morgan fingerprint density at radius 1 is 0.400 bits per heavy atom. The molecule has 4 rings (SSSR count). The lowest BCUT2D eigenvalue weighted by Gasteiger charge is -2.19. The molecule has 0 aliphatic heterocycles. The van der Waals surface area contributed by atoms with E-state index >= 15 is 0 Å². The molecular formula is C34H36O6. The number of ether oxygens (including phenoxy) is 4. The monoisotopic (exact) mass is 540 g/mol. The van der Waals surface area contributed by atoms with Gasteiger partial charge in [-0.15, -0.1) is 0 Å². The number of hydrogen-bond acceptors (Lipinski definition) is 6. The van der Waals surface area contributed by atoms with Gasteiger partial charge in [0, 0.05) is 0 Å². The molecule has 208 valence electrons. The summed E-state index contributed by atoms with van der Waals surface area (Å²) in [5, 5.41) is 17.7. The maximum Gasteiger partial charge on any atom is 0.119 e. The Morgan fingerprint density at radius 3 is 1.10 bits per heavy atom. The molecule has 0 aromatic heterocycles.